The monoisotopic (exact) mass is 538 g/mol. The van der Waals surface area contributed by atoms with E-state index in [1.54, 1.807) is 4.90 Å². The van der Waals surface area contributed by atoms with E-state index in [1.165, 1.54) is 40.7 Å². The lowest BCUT2D eigenvalue weighted by Gasteiger charge is -2.45. The Morgan fingerprint density at radius 1 is 1.03 bits per heavy atom. The van der Waals surface area contributed by atoms with Crippen molar-refractivity contribution in [2.75, 3.05) is 13.2 Å². The quantitative estimate of drug-likeness (QED) is 0.580. The molecular formula is C26H29ClF2N2O4S. The number of carbonyl (C=O) groups excluding carboxylic acids is 1. The third-order valence-corrected chi connectivity index (χ3v) is 10.1. The number of likely N-dealkylation sites (tertiary alicyclic amines) is 1. The number of halogens is 3. The SMILES string of the molecule is O=C(N1CCCC1CO)C1(C2CCCC(c3cc(F)cc(F)c3)N2S(=O)(=O)c2ccc(Cl)cc2)CC1. The van der Waals surface area contributed by atoms with Gasteiger partial charge in [-0.25, -0.2) is 17.2 Å². The first kappa shape index (κ1) is 25.6. The summed E-state index contributed by atoms with van der Waals surface area (Å²) in [4.78, 5) is 15.6. The van der Waals surface area contributed by atoms with E-state index >= 15 is 0 Å². The van der Waals surface area contributed by atoms with E-state index < -0.39 is 39.2 Å². The normalized spacial score (nSPS) is 26.2. The van der Waals surface area contributed by atoms with Gasteiger partial charge in [-0.05, 0) is 86.9 Å². The molecule has 2 aromatic rings. The number of hydrogen-bond acceptors (Lipinski definition) is 4. The number of piperidine rings is 1. The highest BCUT2D eigenvalue weighted by Gasteiger charge is 2.62. The highest BCUT2D eigenvalue weighted by Crippen LogP contribution is 2.58. The largest absolute Gasteiger partial charge is 0.394 e. The fourth-order valence-electron chi connectivity index (χ4n) is 6.04. The fourth-order valence-corrected chi connectivity index (χ4v) is 8.10. The highest BCUT2D eigenvalue weighted by atomic mass is 35.5. The van der Waals surface area contributed by atoms with Crippen LogP contribution in [0.5, 0.6) is 0 Å². The Morgan fingerprint density at radius 3 is 2.31 bits per heavy atom. The Bertz CT molecular complexity index is 1230. The van der Waals surface area contributed by atoms with Gasteiger partial charge in [0.05, 0.1) is 29.0 Å². The molecule has 1 aliphatic carbocycles. The lowest BCUT2D eigenvalue weighted by atomic mass is 9.84. The van der Waals surface area contributed by atoms with Crippen LogP contribution in [0.2, 0.25) is 5.02 Å². The smallest absolute Gasteiger partial charge is 0.243 e. The summed E-state index contributed by atoms with van der Waals surface area (Å²) in [5.74, 6) is -1.70. The second-order valence-electron chi connectivity index (χ2n) is 10.1. The molecule has 3 atom stereocenters. The molecule has 1 N–H and O–H groups in total. The summed E-state index contributed by atoms with van der Waals surface area (Å²) in [6, 6.07) is 7.13. The van der Waals surface area contributed by atoms with Crippen LogP contribution < -0.4 is 0 Å². The second-order valence-corrected chi connectivity index (χ2v) is 12.4. The third-order valence-electron chi connectivity index (χ3n) is 7.93. The summed E-state index contributed by atoms with van der Waals surface area (Å²) in [6.45, 7) is 0.394. The minimum atomic E-state index is -4.16. The van der Waals surface area contributed by atoms with Gasteiger partial charge in [0.15, 0.2) is 0 Å². The van der Waals surface area contributed by atoms with Crippen LogP contribution in [0.1, 0.15) is 56.6 Å². The predicted octanol–water partition coefficient (Wildman–Crippen LogP) is 4.67. The maximum Gasteiger partial charge on any atom is 0.243 e. The standard InChI is InChI=1S/C26H29ClF2N2O4S/c27-18-6-8-22(9-7-18)36(34,35)31-23(17-13-19(28)15-20(29)14-17)4-1-5-24(31)26(10-11-26)25(33)30-12-2-3-21(30)16-32/h6-9,13-15,21,23-24,32H,1-5,10-12,16H2. The zero-order valence-corrected chi connectivity index (χ0v) is 21.3. The molecule has 2 heterocycles. The highest BCUT2D eigenvalue weighted by molar-refractivity contribution is 7.89. The molecule has 10 heteroatoms. The minimum Gasteiger partial charge on any atom is -0.394 e. The molecule has 0 bridgehead atoms. The summed E-state index contributed by atoms with van der Waals surface area (Å²) in [5, 5.41) is 10.2. The van der Waals surface area contributed by atoms with E-state index in [0.717, 1.165) is 12.5 Å². The Morgan fingerprint density at radius 2 is 1.69 bits per heavy atom. The van der Waals surface area contributed by atoms with Crippen molar-refractivity contribution in [3.05, 3.63) is 64.7 Å². The molecule has 2 aliphatic heterocycles. The zero-order chi connectivity index (χ0) is 25.7. The first-order chi connectivity index (χ1) is 17.2. The first-order valence-corrected chi connectivity index (χ1v) is 14.2. The van der Waals surface area contributed by atoms with Crippen LogP contribution in [0.25, 0.3) is 0 Å². The molecule has 2 aromatic carbocycles. The summed E-state index contributed by atoms with van der Waals surface area (Å²) in [6.07, 6.45) is 4.00. The number of hydrogen-bond donors (Lipinski definition) is 1. The van der Waals surface area contributed by atoms with E-state index in [1.807, 2.05) is 0 Å². The van der Waals surface area contributed by atoms with Gasteiger partial charge in [-0.1, -0.05) is 11.6 Å². The van der Waals surface area contributed by atoms with E-state index in [-0.39, 0.29) is 29.0 Å². The Labute approximate surface area is 214 Å². The molecule has 6 nitrogen and oxygen atoms in total. The summed E-state index contributed by atoms with van der Waals surface area (Å²) >= 11 is 6.00. The maximum atomic E-state index is 14.2. The van der Waals surface area contributed by atoms with E-state index in [9.17, 15) is 27.1 Å². The van der Waals surface area contributed by atoms with Gasteiger partial charge in [-0.15, -0.1) is 0 Å². The van der Waals surface area contributed by atoms with Crippen molar-refractivity contribution in [2.45, 2.75) is 68.0 Å². The lowest BCUT2D eigenvalue weighted by molar-refractivity contribution is -0.141. The third kappa shape index (κ3) is 4.44. The number of amides is 1. The van der Waals surface area contributed by atoms with Crippen molar-refractivity contribution in [2.24, 2.45) is 5.41 Å². The van der Waals surface area contributed by atoms with Gasteiger partial charge in [-0.2, -0.15) is 4.31 Å². The Balaban J connectivity index is 1.60. The number of sulfonamides is 1. The van der Waals surface area contributed by atoms with Crippen LogP contribution in [0.3, 0.4) is 0 Å². The molecule has 0 aromatic heterocycles. The van der Waals surface area contributed by atoms with Gasteiger partial charge in [-0.3, -0.25) is 4.79 Å². The Kier molecular flexibility index (Phi) is 6.87. The van der Waals surface area contributed by atoms with Crippen molar-refractivity contribution in [1.29, 1.82) is 0 Å². The van der Waals surface area contributed by atoms with Crippen LogP contribution in [-0.2, 0) is 14.8 Å². The van der Waals surface area contributed by atoms with Gasteiger partial charge < -0.3 is 10.0 Å². The van der Waals surface area contributed by atoms with Crippen LogP contribution in [0.4, 0.5) is 8.78 Å². The average Bonchev–Trinajstić information content (AvgIpc) is 3.52. The summed E-state index contributed by atoms with van der Waals surface area (Å²) in [7, 11) is -4.16. The van der Waals surface area contributed by atoms with Crippen molar-refractivity contribution in [1.82, 2.24) is 9.21 Å². The summed E-state index contributed by atoms with van der Waals surface area (Å²) < 4.78 is 58.0. The van der Waals surface area contributed by atoms with Gasteiger partial charge in [0.1, 0.15) is 11.6 Å². The van der Waals surface area contributed by atoms with E-state index in [2.05, 4.69) is 0 Å². The van der Waals surface area contributed by atoms with Crippen molar-refractivity contribution < 1.29 is 27.1 Å². The molecule has 5 rings (SSSR count). The molecule has 0 spiro atoms. The number of carbonyl (C=O) groups is 1. The molecule has 1 amide bonds. The molecule has 0 radical (unpaired) electrons. The first-order valence-electron chi connectivity index (χ1n) is 12.3. The minimum absolute atomic E-state index is 0.0123. The van der Waals surface area contributed by atoms with Crippen molar-refractivity contribution >= 4 is 27.5 Å². The number of rotatable bonds is 6. The Hall–Kier alpha value is -2.07. The number of nitrogens with zero attached hydrogens (tertiary/aromatic N) is 2. The maximum absolute atomic E-state index is 14.2. The van der Waals surface area contributed by atoms with Crippen LogP contribution in [0.15, 0.2) is 47.4 Å². The lowest BCUT2D eigenvalue weighted by Crippen LogP contribution is -2.55. The van der Waals surface area contributed by atoms with Gasteiger partial charge >= 0.3 is 0 Å². The molecule has 36 heavy (non-hydrogen) atoms. The number of benzene rings is 2. The van der Waals surface area contributed by atoms with Gasteiger partial charge in [0, 0.05) is 23.7 Å². The van der Waals surface area contributed by atoms with Gasteiger partial charge in [0.2, 0.25) is 15.9 Å². The van der Waals surface area contributed by atoms with Gasteiger partial charge in [0.25, 0.3) is 0 Å². The fraction of sp³-hybridized carbons (Fsp3) is 0.500. The second kappa shape index (κ2) is 9.67. The van der Waals surface area contributed by atoms with Crippen molar-refractivity contribution in [3.63, 3.8) is 0 Å². The van der Waals surface area contributed by atoms with Crippen molar-refractivity contribution in [3.8, 4) is 0 Å². The zero-order valence-electron chi connectivity index (χ0n) is 19.7. The van der Waals surface area contributed by atoms with Crippen LogP contribution in [0, 0.1) is 17.0 Å². The molecular weight excluding hydrogens is 510 g/mol. The number of aliphatic hydroxyl groups is 1. The molecule has 3 fully saturated rings. The summed E-state index contributed by atoms with van der Waals surface area (Å²) in [5.41, 5.74) is -0.686. The van der Waals surface area contributed by atoms with E-state index in [0.29, 0.717) is 50.1 Å². The molecule has 2 saturated heterocycles. The average molecular weight is 539 g/mol. The van der Waals surface area contributed by atoms with Crippen LogP contribution in [-0.4, -0.2) is 53.9 Å². The molecule has 194 valence electrons. The topological polar surface area (TPSA) is 77.9 Å². The number of aliphatic hydroxyl groups excluding tert-OH is 1. The van der Waals surface area contributed by atoms with Crippen LogP contribution >= 0.6 is 11.6 Å². The van der Waals surface area contributed by atoms with E-state index in [4.69, 9.17) is 11.6 Å². The predicted molar refractivity (Wildman–Crippen MR) is 131 cm³/mol. The molecule has 1 saturated carbocycles. The molecule has 3 unspecified atom stereocenters. The molecule has 3 aliphatic rings.